The predicted molar refractivity (Wildman–Crippen MR) is 151 cm³/mol. The number of methoxy groups -OCH3 is 1. The van der Waals surface area contributed by atoms with Crippen molar-refractivity contribution in [2.24, 2.45) is 0 Å². The minimum atomic E-state index is -4.48. The molecule has 0 unspecified atom stereocenters. The van der Waals surface area contributed by atoms with Gasteiger partial charge in [-0.25, -0.2) is 14.6 Å². The molecule has 9 nitrogen and oxygen atoms in total. The molecule has 1 aliphatic carbocycles. The number of piperazine rings is 1. The number of aryl methyl sites for hydroxylation is 1. The fraction of sp³-hybridized carbons (Fsp3) is 0.500. The first-order valence-electron chi connectivity index (χ1n) is 14.4. The summed E-state index contributed by atoms with van der Waals surface area (Å²) in [7, 11) is 1.62. The summed E-state index contributed by atoms with van der Waals surface area (Å²) in [6.45, 7) is 2.25. The summed E-state index contributed by atoms with van der Waals surface area (Å²) in [6, 6.07) is 7.63. The second kappa shape index (κ2) is 12.9. The average Bonchev–Trinajstić information content (AvgIpc) is 3.01. The number of hydrogen-bond donors (Lipinski definition) is 0. The van der Waals surface area contributed by atoms with E-state index in [2.05, 4.69) is 9.97 Å². The van der Waals surface area contributed by atoms with E-state index < -0.39 is 11.7 Å². The van der Waals surface area contributed by atoms with Crippen LogP contribution in [0.5, 0.6) is 5.75 Å². The molecule has 0 atom stereocenters. The van der Waals surface area contributed by atoms with Crippen LogP contribution in [0.15, 0.2) is 41.5 Å². The molecule has 42 heavy (non-hydrogen) atoms. The van der Waals surface area contributed by atoms with Crippen LogP contribution >= 0.6 is 0 Å². The lowest BCUT2D eigenvalue weighted by Gasteiger charge is -2.34. The van der Waals surface area contributed by atoms with Crippen LogP contribution in [0.4, 0.5) is 19.1 Å². The third-order valence-corrected chi connectivity index (χ3v) is 7.98. The van der Waals surface area contributed by atoms with Gasteiger partial charge in [-0.1, -0.05) is 12.1 Å². The molecule has 2 aromatic heterocycles. The van der Waals surface area contributed by atoms with E-state index in [9.17, 15) is 22.8 Å². The number of carbonyl (C=O) groups excluding carboxylic acids is 1. The van der Waals surface area contributed by atoms with Crippen molar-refractivity contribution in [3.05, 3.63) is 75.0 Å². The largest absolute Gasteiger partial charge is 0.497 e. The zero-order chi connectivity index (χ0) is 29.7. The van der Waals surface area contributed by atoms with Crippen molar-refractivity contribution < 1.29 is 22.7 Å². The molecule has 1 fully saturated rings. The van der Waals surface area contributed by atoms with E-state index in [1.165, 1.54) is 0 Å². The minimum Gasteiger partial charge on any atom is -0.497 e. The number of benzene rings is 1. The van der Waals surface area contributed by atoms with Crippen molar-refractivity contribution in [2.45, 2.75) is 64.1 Å². The number of hydrogen-bond acceptors (Lipinski definition) is 7. The van der Waals surface area contributed by atoms with Crippen LogP contribution in [0.2, 0.25) is 0 Å². The third kappa shape index (κ3) is 6.91. The lowest BCUT2D eigenvalue weighted by atomic mass is 9.90. The molecular formula is C30H35F3N6O3. The third-order valence-electron chi connectivity index (χ3n) is 7.98. The SMILES string of the molecule is COc1ccc(Cn2nc(CCCCC(=O)N3CCN(c4ncc(C(F)(F)F)cn4)CC3)c3c(c2=O)CCCC3)cc1. The summed E-state index contributed by atoms with van der Waals surface area (Å²) in [5.74, 6) is 1.05. The van der Waals surface area contributed by atoms with Gasteiger partial charge in [0.15, 0.2) is 0 Å². The number of fused-ring (bicyclic) bond motifs is 1. The molecule has 3 aromatic rings. The normalized spacial score (nSPS) is 15.4. The Labute approximate surface area is 242 Å². The quantitative estimate of drug-likeness (QED) is 0.351. The number of aromatic nitrogens is 4. The predicted octanol–water partition coefficient (Wildman–Crippen LogP) is 4.05. The molecule has 5 rings (SSSR count). The summed E-state index contributed by atoms with van der Waals surface area (Å²) in [5.41, 5.74) is 3.00. The highest BCUT2D eigenvalue weighted by molar-refractivity contribution is 5.76. The Kier molecular flexibility index (Phi) is 9.08. The monoisotopic (exact) mass is 584 g/mol. The molecule has 12 heteroatoms. The summed E-state index contributed by atoms with van der Waals surface area (Å²) in [6.07, 6.45) is 3.39. The van der Waals surface area contributed by atoms with Crippen LogP contribution in [0.25, 0.3) is 0 Å². The van der Waals surface area contributed by atoms with Crippen LogP contribution < -0.4 is 15.2 Å². The molecule has 1 aliphatic heterocycles. The van der Waals surface area contributed by atoms with E-state index in [4.69, 9.17) is 9.84 Å². The van der Waals surface area contributed by atoms with E-state index in [1.54, 1.807) is 21.6 Å². The first-order valence-corrected chi connectivity index (χ1v) is 14.4. The molecule has 0 radical (unpaired) electrons. The maximum Gasteiger partial charge on any atom is 0.419 e. The molecule has 1 amide bonds. The van der Waals surface area contributed by atoms with Crippen LogP contribution in [-0.2, 0) is 36.8 Å². The smallest absolute Gasteiger partial charge is 0.419 e. The van der Waals surface area contributed by atoms with Gasteiger partial charge in [-0.05, 0) is 68.2 Å². The van der Waals surface area contributed by atoms with Crippen LogP contribution in [-0.4, -0.2) is 63.8 Å². The van der Waals surface area contributed by atoms with Crippen molar-refractivity contribution in [1.82, 2.24) is 24.6 Å². The highest BCUT2D eigenvalue weighted by Crippen LogP contribution is 2.28. The number of ether oxygens (including phenoxy) is 1. The summed E-state index contributed by atoms with van der Waals surface area (Å²) >= 11 is 0. The Bertz CT molecular complexity index is 1430. The Hall–Kier alpha value is -3.96. The molecule has 1 aromatic carbocycles. The van der Waals surface area contributed by atoms with Crippen molar-refractivity contribution in [2.75, 3.05) is 38.2 Å². The van der Waals surface area contributed by atoms with Gasteiger partial charge in [0.1, 0.15) is 5.75 Å². The number of halogens is 3. The Morgan fingerprint density at radius 1 is 0.952 bits per heavy atom. The van der Waals surface area contributed by atoms with Gasteiger partial charge >= 0.3 is 6.18 Å². The van der Waals surface area contributed by atoms with Gasteiger partial charge in [-0.15, -0.1) is 0 Å². The van der Waals surface area contributed by atoms with Crippen molar-refractivity contribution in [3.63, 3.8) is 0 Å². The maximum absolute atomic E-state index is 13.2. The number of carbonyl (C=O) groups is 1. The van der Waals surface area contributed by atoms with Crippen molar-refractivity contribution in [3.8, 4) is 5.75 Å². The van der Waals surface area contributed by atoms with E-state index in [0.29, 0.717) is 52.0 Å². The topological polar surface area (TPSA) is 93.5 Å². The van der Waals surface area contributed by atoms with Gasteiger partial charge in [0.2, 0.25) is 11.9 Å². The Morgan fingerprint density at radius 2 is 1.62 bits per heavy atom. The van der Waals surface area contributed by atoms with E-state index in [-0.39, 0.29) is 17.4 Å². The highest BCUT2D eigenvalue weighted by Gasteiger charge is 2.32. The van der Waals surface area contributed by atoms with Gasteiger partial charge in [-0.3, -0.25) is 9.59 Å². The van der Waals surface area contributed by atoms with Crippen LogP contribution in [0, 0.1) is 0 Å². The number of unbranched alkanes of at least 4 members (excludes halogenated alkanes) is 1. The molecular weight excluding hydrogens is 549 g/mol. The molecule has 1 saturated heterocycles. The average molecular weight is 585 g/mol. The number of amides is 1. The second-order valence-corrected chi connectivity index (χ2v) is 10.8. The highest BCUT2D eigenvalue weighted by atomic mass is 19.4. The molecule has 224 valence electrons. The van der Waals surface area contributed by atoms with Gasteiger partial charge < -0.3 is 14.5 Å². The molecule has 0 saturated carbocycles. The zero-order valence-corrected chi connectivity index (χ0v) is 23.7. The van der Waals surface area contributed by atoms with E-state index in [1.807, 2.05) is 24.3 Å². The molecule has 3 heterocycles. The number of nitrogens with zero attached hydrogens (tertiary/aromatic N) is 6. The number of rotatable bonds is 9. The first-order chi connectivity index (χ1) is 20.2. The minimum absolute atomic E-state index is 0.0136. The summed E-state index contributed by atoms with van der Waals surface area (Å²) in [5, 5.41) is 4.78. The zero-order valence-electron chi connectivity index (χ0n) is 23.7. The number of alkyl halides is 3. The fourth-order valence-electron chi connectivity index (χ4n) is 5.59. The molecule has 0 N–H and O–H groups in total. The van der Waals surface area contributed by atoms with Gasteiger partial charge in [0, 0.05) is 50.6 Å². The number of anilines is 1. The molecule has 2 aliphatic rings. The van der Waals surface area contributed by atoms with Gasteiger partial charge in [0.05, 0.1) is 24.9 Å². The maximum atomic E-state index is 13.2. The summed E-state index contributed by atoms with van der Waals surface area (Å²) < 4.78 is 45.1. The van der Waals surface area contributed by atoms with Crippen LogP contribution in [0.1, 0.15) is 60.1 Å². The first kappa shape index (κ1) is 29.5. The Balaban J connectivity index is 1.14. The second-order valence-electron chi connectivity index (χ2n) is 10.8. The van der Waals surface area contributed by atoms with Crippen molar-refractivity contribution >= 4 is 11.9 Å². The summed E-state index contributed by atoms with van der Waals surface area (Å²) in [4.78, 5) is 37.4. The molecule has 0 spiro atoms. The van der Waals surface area contributed by atoms with Gasteiger partial charge in [0.25, 0.3) is 5.56 Å². The van der Waals surface area contributed by atoms with Crippen molar-refractivity contribution in [1.29, 1.82) is 0 Å². The Morgan fingerprint density at radius 3 is 2.26 bits per heavy atom. The van der Waals surface area contributed by atoms with Gasteiger partial charge in [-0.2, -0.15) is 18.3 Å². The fourth-order valence-corrected chi connectivity index (χ4v) is 5.59. The lowest BCUT2D eigenvalue weighted by molar-refractivity contribution is -0.138. The lowest BCUT2D eigenvalue weighted by Crippen LogP contribution is -2.49. The molecule has 0 bridgehead atoms. The van der Waals surface area contributed by atoms with E-state index in [0.717, 1.165) is 72.6 Å². The van der Waals surface area contributed by atoms with Crippen LogP contribution in [0.3, 0.4) is 0 Å². The standard InChI is InChI=1S/C30H35F3N6O3/c1-42-23-12-10-21(11-13-23)20-39-28(41)25-7-3-2-6-24(25)26(36-39)8-4-5-9-27(40)37-14-16-38(17-15-37)29-34-18-22(19-35-29)30(31,32)33/h10-13,18-19H,2-9,14-17,20H2,1H3. The van der Waals surface area contributed by atoms with E-state index >= 15 is 0 Å².